The van der Waals surface area contributed by atoms with Crippen LogP contribution in [0.4, 0.5) is 5.69 Å². The molecule has 0 radical (unpaired) electrons. The Morgan fingerprint density at radius 2 is 1.80 bits per heavy atom. The minimum Gasteiger partial charge on any atom is -0.480 e. The van der Waals surface area contributed by atoms with Gasteiger partial charge in [0.25, 0.3) is 0 Å². The summed E-state index contributed by atoms with van der Waals surface area (Å²) in [6.07, 6.45) is 0. The van der Waals surface area contributed by atoms with Crippen molar-refractivity contribution in [2.24, 2.45) is 0 Å². The Balaban J connectivity index is 3.03. The first-order valence-electron chi connectivity index (χ1n) is 4.99. The zero-order chi connectivity index (χ0) is 11.6. The molecular formula is C12H17NO2. The van der Waals surface area contributed by atoms with Crippen molar-refractivity contribution in [3.05, 3.63) is 28.8 Å². The molecule has 0 aliphatic carbocycles. The monoisotopic (exact) mass is 207 g/mol. The summed E-state index contributed by atoms with van der Waals surface area (Å²) in [4.78, 5) is 10.7. The lowest BCUT2D eigenvalue weighted by atomic mass is 10.0. The first kappa shape index (κ1) is 11.6. The third-order valence-electron chi connectivity index (χ3n) is 2.68. The first-order chi connectivity index (χ1) is 6.93. The number of benzene rings is 1. The Kier molecular flexibility index (Phi) is 3.35. The van der Waals surface area contributed by atoms with E-state index in [4.69, 9.17) is 5.11 Å². The predicted octanol–water partition coefficient (Wildman–Crippen LogP) is 2.50. The van der Waals surface area contributed by atoms with Gasteiger partial charge < -0.3 is 10.4 Å². The summed E-state index contributed by atoms with van der Waals surface area (Å²) < 4.78 is 0. The number of aryl methyl sites for hydroxylation is 2. The Bertz CT molecular complexity index is 385. The molecule has 0 saturated heterocycles. The molecule has 0 fully saturated rings. The molecule has 3 nitrogen and oxygen atoms in total. The van der Waals surface area contributed by atoms with Crippen molar-refractivity contribution in [3.63, 3.8) is 0 Å². The molecule has 1 aromatic carbocycles. The van der Waals surface area contributed by atoms with Gasteiger partial charge >= 0.3 is 5.97 Å². The van der Waals surface area contributed by atoms with Crippen molar-refractivity contribution in [2.45, 2.75) is 33.7 Å². The van der Waals surface area contributed by atoms with Crippen LogP contribution < -0.4 is 5.32 Å². The van der Waals surface area contributed by atoms with Gasteiger partial charge in [0.2, 0.25) is 0 Å². The Morgan fingerprint density at radius 3 is 2.33 bits per heavy atom. The van der Waals surface area contributed by atoms with Crippen LogP contribution in [0, 0.1) is 20.8 Å². The highest BCUT2D eigenvalue weighted by Gasteiger charge is 2.13. The van der Waals surface area contributed by atoms with Crippen LogP contribution in [0.5, 0.6) is 0 Å². The lowest BCUT2D eigenvalue weighted by Crippen LogP contribution is -2.26. The van der Waals surface area contributed by atoms with E-state index in [1.165, 1.54) is 5.56 Å². The fraction of sp³-hybridized carbons (Fsp3) is 0.417. The zero-order valence-corrected chi connectivity index (χ0v) is 9.59. The fourth-order valence-corrected chi connectivity index (χ4v) is 1.45. The molecule has 0 aromatic heterocycles. The second-order valence-electron chi connectivity index (χ2n) is 3.90. The van der Waals surface area contributed by atoms with Crippen molar-refractivity contribution < 1.29 is 9.90 Å². The van der Waals surface area contributed by atoms with Gasteiger partial charge in [-0.1, -0.05) is 12.1 Å². The summed E-state index contributed by atoms with van der Waals surface area (Å²) in [6, 6.07) is 3.48. The third-order valence-corrected chi connectivity index (χ3v) is 2.68. The molecule has 1 rings (SSSR count). The van der Waals surface area contributed by atoms with E-state index in [-0.39, 0.29) is 0 Å². The number of rotatable bonds is 3. The highest BCUT2D eigenvalue weighted by molar-refractivity contribution is 5.78. The van der Waals surface area contributed by atoms with Crippen molar-refractivity contribution in [2.75, 3.05) is 5.32 Å². The molecule has 0 spiro atoms. The van der Waals surface area contributed by atoms with Gasteiger partial charge in [-0.25, -0.2) is 0 Å². The molecule has 0 amide bonds. The second-order valence-corrected chi connectivity index (χ2v) is 3.90. The highest BCUT2D eigenvalue weighted by atomic mass is 16.4. The van der Waals surface area contributed by atoms with Crippen molar-refractivity contribution >= 4 is 11.7 Å². The van der Waals surface area contributed by atoms with E-state index in [0.717, 1.165) is 16.8 Å². The molecular weight excluding hydrogens is 190 g/mol. The number of hydrogen-bond acceptors (Lipinski definition) is 2. The lowest BCUT2D eigenvalue weighted by molar-refractivity contribution is -0.137. The minimum atomic E-state index is -0.838. The molecule has 0 aliphatic rings. The van der Waals surface area contributed by atoms with Crippen LogP contribution in [-0.2, 0) is 4.79 Å². The van der Waals surface area contributed by atoms with Gasteiger partial charge in [0.15, 0.2) is 0 Å². The number of carboxylic acids is 1. The fourth-order valence-electron chi connectivity index (χ4n) is 1.45. The van der Waals surface area contributed by atoms with Gasteiger partial charge in [-0.05, 0) is 44.4 Å². The Morgan fingerprint density at radius 1 is 1.27 bits per heavy atom. The molecule has 0 bridgehead atoms. The quantitative estimate of drug-likeness (QED) is 0.800. The number of aliphatic carboxylic acids is 1. The van der Waals surface area contributed by atoms with E-state index in [2.05, 4.69) is 5.32 Å². The van der Waals surface area contributed by atoms with Gasteiger partial charge in [0.1, 0.15) is 6.04 Å². The van der Waals surface area contributed by atoms with Crippen LogP contribution >= 0.6 is 0 Å². The topological polar surface area (TPSA) is 49.3 Å². The molecule has 0 unspecified atom stereocenters. The van der Waals surface area contributed by atoms with E-state index in [1.807, 2.05) is 32.9 Å². The summed E-state index contributed by atoms with van der Waals surface area (Å²) in [5.74, 6) is -0.838. The van der Waals surface area contributed by atoms with Crippen molar-refractivity contribution in [3.8, 4) is 0 Å². The second kappa shape index (κ2) is 4.34. The van der Waals surface area contributed by atoms with Gasteiger partial charge in [-0.15, -0.1) is 0 Å². The number of hydrogen-bond donors (Lipinski definition) is 2. The number of anilines is 1. The first-order valence-corrected chi connectivity index (χ1v) is 4.99. The van der Waals surface area contributed by atoms with E-state index in [9.17, 15) is 4.79 Å². The standard InChI is InChI=1S/C12H17NO2/c1-7-5-6-8(2)11(9(7)3)13-10(4)12(14)15/h5-6,10,13H,1-4H3,(H,14,15)/t10-/m0/s1. The molecule has 1 aromatic rings. The maximum Gasteiger partial charge on any atom is 0.325 e. The van der Waals surface area contributed by atoms with Crippen LogP contribution in [-0.4, -0.2) is 17.1 Å². The molecule has 82 valence electrons. The van der Waals surface area contributed by atoms with Crippen LogP contribution in [0.2, 0.25) is 0 Å². The molecule has 0 aliphatic heterocycles. The minimum absolute atomic E-state index is 0.566. The van der Waals surface area contributed by atoms with E-state index >= 15 is 0 Å². The number of carboxylic acid groups (broad SMARTS) is 1. The summed E-state index contributed by atoms with van der Waals surface area (Å²) in [5, 5.41) is 11.9. The summed E-state index contributed by atoms with van der Waals surface area (Å²) >= 11 is 0. The van der Waals surface area contributed by atoms with E-state index < -0.39 is 12.0 Å². The molecule has 0 saturated carbocycles. The van der Waals surface area contributed by atoms with Gasteiger partial charge in [-0.2, -0.15) is 0 Å². The molecule has 2 N–H and O–H groups in total. The van der Waals surface area contributed by atoms with Crippen molar-refractivity contribution in [1.82, 2.24) is 0 Å². The SMILES string of the molecule is Cc1ccc(C)c(N[C@@H](C)C(=O)O)c1C. The van der Waals surface area contributed by atoms with E-state index in [1.54, 1.807) is 6.92 Å². The van der Waals surface area contributed by atoms with Crippen LogP contribution in [0.3, 0.4) is 0 Å². The molecule has 1 atom stereocenters. The number of nitrogens with one attached hydrogen (secondary N) is 1. The molecule has 3 heteroatoms. The maximum absolute atomic E-state index is 10.7. The average Bonchev–Trinajstić information content (AvgIpc) is 2.18. The largest absolute Gasteiger partial charge is 0.480 e. The van der Waals surface area contributed by atoms with Crippen molar-refractivity contribution in [1.29, 1.82) is 0 Å². The Labute approximate surface area is 90.1 Å². The van der Waals surface area contributed by atoms with Gasteiger partial charge in [-0.3, -0.25) is 4.79 Å². The normalized spacial score (nSPS) is 12.3. The lowest BCUT2D eigenvalue weighted by Gasteiger charge is -2.17. The Hall–Kier alpha value is -1.51. The summed E-state index contributed by atoms with van der Waals surface area (Å²) in [5.41, 5.74) is 4.29. The van der Waals surface area contributed by atoms with E-state index in [0.29, 0.717) is 0 Å². The highest BCUT2D eigenvalue weighted by Crippen LogP contribution is 2.23. The average molecular weight is 207 g/mol. The molecule has 15 heavy (non-hydrogen) atoms. The van der Waals surface area contributed by atoms with Crippen LogP contribution in [0.25, 0.3) is 0 Å². The third kappa shape index (κ3) is 2.49. The summed E-state index contributed by atoms with van der Waals surface area (Å²) in [7, 11) is 0. The number of carbonyl (C=O) groups is 1. The van der Waals surface area contributed by atoms with Crippen LogP contribution in [0.15, 0.2) is 12.1 Å². The van der Waals surface area contributed by atoms with Gasteiger partial charge in [0, 0.05) is 5.69 Å². The maximum atomic E-state index is 10.7. The predicted molar refractivity (Wildman–Crippen MR) is 61.4 cm³/mol. The molecule has 0 heterocycles. The zero-order valence-electron chi connectivity index (χ0n) is 9.59. The smallest absolute Gasteiger partial charge is 0.325 e. The van der Waals surface area contributed by atoms with Crippen LogP contribution in [0.1, 0.15) is 23.6 Å². The van der Waals surface area contributed by atoms with Gasteiger partial charge in [0.05, 0.1) is 0 Å². The summed E-state index contributed by atoms with van der Waals surface area (Å²) in [6.45, 7) is 7.64.